The van der Waals surface area contributed by atoms with Gasteiger partial charge in [-0.2, -0.15) is 5.10 Å². The van der Waals surface area contributed by atoms with Gasteiger partial charge in [0.25, 0.3) is 5.56 Å². The Bertz CT molecular complexity index is 756. The molecule has 0 N–H and O–H groups in total. The molecule has 1 aromatic carbocycles. The normalized spacial score (nSPS) is 11.0. The number of nitrogens with zero attached hydrogens (tertiary/aromatic N) is 3. The molecule has 3 rings (SSSR count). The Morgan fingerprint density at radius 2 is 1.95 bits per heavy atom. The molecule has 0 bridgehead atoms. The van der Waals surface area contributed by atoms with Gasteiger partial charge in [-0.05, 0) is 12.5 Å². The van der Waals surface area contributed by atoms with Gasteiger partial charge in [0, 0.05) is 24.5 Å². The Balaban J connectivity index is 2.16. The van der Waals surface area contributed by atoms with Crippen LogP contribution in [0.5, 0.6) is 0 Å². The highest BCUT2D eigenvalue weighted by Gasteiger charge is 2.08. The first-order valence-electron chi connectivity index (χ1n) is 6.44. The summed E-state index contributed by atoms with van der Waals surface area (Å²) in [5, 5.41) is 4.45. The minimum atomic E-state index is 0.0130. The summed E-state index contributed by atoms with van der Waals surface area (Å²) in [6.45, 7) is 2.80. The van der Waals surface area contributed by atoms with Crippen LogP contribution >= 0.6 is 0 Å². The third-order valence-corrected chi connectivity index (χ3v) is 3.14. The van der Waals surface area contributed by atoms with Crippen LogP contribution in [0.15, 0.2) is 53.6 Å². The van der Waals surface area contributed by atoms with Crippen LogP contribution < -0.4 is 5.56 Å². The lowest BCUT2D eigenvalue weighted by atomic mass is 10.1. The van der Waals surface area contributed by atoms with Gasteiger partial charge in [-0.1, -0.05) is 37.3 Å². The number of aryl methyl sites for hydroxylation is 1. The van der Waals surface area contributed by atoms with E-state index >= 15 is 0 Å². The van der Waals surface area contributed by atoms with E-state index in [9.17, 15) is 4.79 Å². The summed E-state index contributed by atoms with van der Waals surface area (Å²) in [6.07, 6.45) is 4.56. The van der Waals surface area contributed by atoms with Crippen LogP contribution in [0.25, 0.3) is 16.8 Å². The molecule has 2 heterocycles. The van der Waals surface area contributed by atoms with Gasteiger partial charge in [-0.3, -0.25) is 4.79 Å². The monoisotopic (exact) mass is 253 g/mol. The highest BCUT2D eigenvalue weighted by Crippen LogP contribution is 2.17. The van der Waals surface area contributed by atoms with E-state index in [-0.39, 0.29) is 5.56 Å². The van der Waals surface area contributed by atoms with Crippen LogP contribution in [0.4, 0.5) is 0 Å². The molecule has 96 valence electrons. The van der Waals surface area contributed by atoms with Crippen LogP contribution in [-0.2, 0) is 6.54 Å². The van der Waals surface area contributed by atoms with E-state index in [2.05, 4.69) is 12.0 Å². The largest absolute Gasteiger partial charge is 0.312 e. The third-order valence-electron chi connectivity index (χ3n) is 3.14. The van der Waals surface area contributed by atoms with E-state index in [0.29, 0.717) is 5.52 Å². The van der Waals surface area contributed by atoms with Crippen molar-refractivity contribution >= 4 is 5.52 Å². The average Bonchev–Trinajstić information content (AvgIpc) is 2.88. The fraction of sp³-hybridized carbons (Fsp3) is 0.200. The van der Waals surface area contributed by atoms with Crippen LogP contribution in [0, 0.1) is 0 Å². The second kappa shape index (κ2) is 4.72. The molecule has 0 aliphatic heterocycles. The number of benzene rings is 1. The quantitative estimate of drug-likeness (QED) is 0.719. The number of aromatic nitrogens is 3. The van der Waals surface area contributed by atoms with Crippen molar-refractivity contribution in [3.63, 3.8) is 0 Å². The Morgan fingerprint density at radius 3 is 2.68 bits per heavy atom. The molecule has 0 fully saturated rings. The first-order chi connectivity index (χ1) is 9.29. The number of fused-ring (bicyclic) bond motifs is 1. The summed E-state index contributed by atoms with van der Waals surface area (Å²) in [4.78, 5) is 12.3. The van der Waals surface area contributed by atoms with Crippen molar-refractivity contribution in [3.05, 3.63) is 59.1 Å². The van der Waals surface area contributed by atoms with Crippen molar-refractivity contribution in [2.45, 2.75) is 19.9 Å². The van der Waals surface area contributed by atoms with Crippen LogP contribution in [0.3, 0.4) is 0 Å². The van der Waals surface area contributed by atoms with Gasteiger partial charge in [0.05, 0.1) is 5.69 Å². The molecule has 19 heavy (non-hydrogen) atoms. The standard InChI is InChI=1S/C15H15N3O/c1-2-8-17-9-10-18-14(15(17)19)11-13(16-18)12-6-4-3-5-7-12/h3-7,9-11H,2,8H2,1H3. The predicted octanol–water partition coefficient (Wildman–Crippen LogP) is 2.57. The second-order valence-corrected chi connectivity index (χ2v) is 4.52. The molecule has 0 spiro atoms. The molecule has 4 nitrogen and oxygen atoms in total. The minimum absolute atomic E-state index is 0.0130. The summed E-state index contributed by atoms with van der Waals surface area (Å²) in [7, 11) is 0. The van der Waals surface area contributed by atoms with Gasteiger partial charge in [0.1, 0.15) is 5.52 Å². The maximum atomic E-state index is 12.3. The predicted molar refractivity (Wildman–Crippen MR) is 75.2 cm³/mol. The number of hydrogen-bond acceptors (Lipinski definition) is 2. The summed E-state index contributed by atoms with van der Waals surface area (Å²) >= 11 is 0. The molecule has 4 heteroatoms. The first-order valence-corrected chi connectivity index (χ1v) is 6.44. The van der Waals surface area contributed by atoms with Gasteiger partial charge in [0.15, 0.2) is 0 Å². The minimum Gasteiger partial charge on any atom is -0.312 e. The topological polar surface area (TPSA) is 39.3 Å². The van der Waals surface area contributed by atoms with Gasteiger partial charge in [0.2, 0.25) is 0 Å². The molecule has 0 saturated carbocycles. The van der Waals surface area contributed by atoms with Gasteiger partial charge >= 0.3 is 0 Å². The molecule has 0 aliphatic carbocycles. The van der Waals surface area contributed by atoms with Crippen LogP contribution in [0.1, 0.15) is 13.3 Å². The molecule has 0 atom stereocenters. The van der Waals surface area contributed by atoms with E-state index in [1.54, 1.807) is 15.3 Å². The van der Waals surface area contributed by atoms with E-state index in [0.717, 1.165) is 24.2 Å². The summed E-state index contributed by atoms with van der Waals surface area (Å²) < 4.78 is 3.38. The molecule has 0 saturated heterocycles. The van der Waals surface area contributed by atoms with E-state index in [1.165, 1.54) is 0 Å². The number of rotatable bonds is 3. The lowest BCUT2D eigenvalue weighted by Gasteiger charge is -2.02. The molecule has 0 radical (unpaired) electrons. The van der Waals surface area contributed by atoms with E-state index in [4.69, 9.17) is 0 Å². The molecule has 0 aliphatic rings. The Kier molecular flexibility index (Phi) is 2.91. The molecular formula is C15H15N3O. The van der Waals surface area contributed by atoms with E-state index in [1.807, 2.05) is 42.6 Å². The van der Waals surface area contributed by atoms with Crippen molar-refractivity contribution in [2.24, 2.45) is 0 Å². The molecule has 0 unspecified atom stereocenters. The lowest BCUT2D eigenvalue weighted by molar-refractivity contribution is 0.648. The number of hydrogen-bond donors (Lipinski definition) is 0. The maximum absolute atomic E-state index is 12.3. The summed E-state index contributed by atoms with van der Waals surface area (Å²) in [5.41, 5.74) is 2.48. The highest BCUT2D eigenvalue weighted by molar-refractivity contribution is 5.65. The molecule has 3 aromatic rings. The van der Waals surface area contributed by atoms with Crippen molar-refractivity contribution in [1.82, 2.24) is 14.2 Å². The van der Waals surface area contributed by atoms with Crippen molar-refractivity contribution in [1.29, 1.82) is 0 Å². The van der Waals surface area contributed by atoms with Crippen molar-refractivity contribution < 1.29 is 0 Å². The maximum Gasteiger partial charge on any atom is 0.276 e. The second-order valence-electron chi connectivity index (χ2n) is 4.52. The van der Waals surface area contributed by atoms with Crippen molar-refractivity contribution in [2.75, 3.05) is 0 Å². The highest BCUT2D eigenvalue weighted by atomic mass is 16.1. The zero-order chi connectivity index (χ0) is 13.2. The lowest BCUT2D eigenvalue weighted by Crippen LogP contribution is -2.20. The molecular weight excluding hydrogens is 238 g/mol. The van der Waals surface area contributed by atoms with Gasteiger partial charge < -0.3 is 4.57 Å². The van der Waals surface area contributed by atoms with Crippen molar-refractivity contribution in [3.8, 4) is 11.3 Å². The van der Waals surface area contributed by atoms with Crippen LogP contribution in [-0.4, -0.2) is 14.2 Å². The zero-order valence-electron chi connectivity index (χ0n) is 10.8. The zero-order valence-corrected chi connectivity index (χ0v) is 10.8. The third kappa shape index (κ3) is 2.05. The first kappa shape index (κ1) is 11.7. The van der Waals surface area contributed by atoms with E-state index < -0.39 is 0 Å². The summed E-state index contributed by atoms with van der Waals surface area (Å²) in [5.74, 6) is 0. The van der Waals surface area contributed by atoms with Crippen LogP contribution in [0.2, 0.25) is 0 Å². The molecule has 2 aromatic heterocycles. The van der Waals surface area contributed by atoms with Gasteiger partial charge in [-0.15, -0.1) is 0 Å². The Hall–Kier alpha value is -2.36. The molecule has 0 amide bonds. The SMILES string of the molecule is CCCn1ccn2nc(-c3ccccc3)cc2c1=O. The average molecular weight is 253 g/mol. The smallest absolute Gasteiger partial charge is 0.276 e. The van der Waals surface area contributed by atoms with Gasteiger partial charge in [-0.25, -0.2) is 4.52 Å². The fourth-order valence-corrected chi connectivity index (χ4v) is 2.19. The Morgan fingerprint density at radius 1 is 1.16 bits per heavy atom. The Labute approximate surface area is 110 Å². The fourth-order valence-electron chi connectivity index (χ4n) is 2.19. The summed E-state index contributed by atoms with van der Waals surface area (Å²) in [6, 6.07) is 11.7.